The average molecular weight is 177 g/mol. The van der Waals surface area contributed by atoms with E-state index in [0.717, 1.165) is 17.8 Å². The van der Waals surface area contributed by atoms with Gasteiger partial charge >= 0.3 is 0 Å². The summed E-state index contributed by atoms with van der Waals surface area (Å²) in [6.07, 6.45) is 4.13. The molecule has 0 radical (unpaired) electrons. The Morgan fingerprint density at radius 2 is 2.38 bits per heavy atom. The molecule has 1 aliphatic heterocycles. The second kappa shape index (κ2) is 3.05. The number of fused-ring (bicyclic) bond motifs is 1. The molecule has 2 N–H and O–H groups in total. The summed E-state index contributed by atoms with van der Waals surface area (Å²) in [6, 6.07) is 1.74. The molecule has 0 fully saturated rings. The first-order chi connectivity index (χ1) is 6.31. The zero-order valence-electron chi connectivity index (χ0n) is 7.37. The van der Waals surface area contributed by atoms with Gasteiger partial charge in [-0.05, 0) is 12.5 Å². The fourth-order valence-electron chi connectivity index (χ4n) is 1.38. The highest BCUT2D eigenvalue weighted by Crippen LogP contribution is 2.25. The zero-order valence-corrected chi connectivity index (χ0v) is 7.37. The van der Waals surface area contributed by atoms with Crippen LogP contribution in [0.5, 0.6) is 0 Å². The summed E-state index contributed by atoms with van der Waals surface area (Å²) in [7, 11) is 0. The number of aromatic nitrogens is 1. The van der Waals surface area contributed by atoms with Crippen molar-refractivity contribution in [3.63, 3.8) is 0 Å². The van der Waals surface area contributed by atoms with Gasteiger partial charge in [0, 0.05) is 6.20 Å². The Kier molecular flexibility index (Phi) is 1.88. The van der Waals surface area contributed by atoms with E-state index in [4.69, 9.17) is 0 Å². The second-order valence-electron chi connectivity index (χ2n) is 3.02. The van der Waals surface area contributed by atoms with Crippen LogP contribution in [0.15, 0.2) is 18.5 Å². The van der Waals surface area contributed by atoms with Crippen molar-refractivity contribution in [2.45, 2.75) is 19.4 Å². The predicted molar refractivity (Wildman–Crippen MR) is 50.6 cm³/mol. The summed E-state index contributed by atoms with van der Waals surface area (Å²) in [5, 5.41) is 5.94. The van der Waals surface area contributed by atoms with Gasteiger partial charge in [0.2, 0.25) is 5.91 Å². The molecule has 2 rings (SSSR count). The van der Waals surface area contributed by atoms with E-state index in [0.29, 0.717) is 0 Å². The highest BCUT2D eigenvalue weighted by Gasteiger charge is 2.23. The molecule has 1 amide bonds. The highest BCUT2D eigenvalue weighted by molar-refractivity contribution is 6.02. The molecule has 68 valence electrons. The van der Waals surface area contributed by atoms with Crippen molar-refractivity contribution < 1.29 is 4.79 Å². The number of anilines is 2. The van der Waals surface area contributed by atoms with Crippen LogP contribution in [0.2, 0.25) is 0 Å². The first-order valence-corrected chi connectivity index (χ1v) is 4.32. The van der Waals surface area contributed by atoms with Crippen molar-refractivity contribution in [1.82, 2.24) is 4.98 Å². The number of nitrogens with zero attached hydrogens (tertiary/aromatic N) is 1. The molecule has 0 aromatic carbocycles. The standard InChI is InChI=1S/C9H11N3O/c1-2-6-9(13)12-8-5-10-4-3-7(8)11-6/h3-6,11H,2H2,1H3,(H,12,13). The smallest absolute Gasteiger partial charge is 0.246 e. The first-order valence-electron chi connectivity index (χ1n) is 4.32. The number of hydrogen-bond donors (Lipinski definition) is 2. The minimum absolute atomic E-state index is 0.0167. The molecule has 1 atom stereocenters. The molecule has 0 saturated carbocycles. The summed E-state index contributed by atoms with van der Waals surface area (Å²) in [6.45, 7) is 1.98. The molecule has 1 unspecified atom stereocenters. The number of pyridine rings is 1. The topological polar surface area (TPSA) is 54.0 Å². The number of hydrogen-bond acceptors (Lipinski definition) is 3. The zero-order chi connectivity index (χ0) is 9.26. The van der Waals surface area contributed by atoms with Gasteiger partial charge in [-0.25, -0.2) is 0 Å². The molecule has 1 aliphatic rings. The van der Waals surface area contributed by atoms with Gasteiger partial charge < -0.3 is 10.6 Å². The molecule has 0 aliphatic carbocycles. The van der Waals surface area contributed by atoms with Crippen LogP contribution in [0, 0.1) is 0 Å². The molecule has 1 aromatic heterocycles. The monoisotopic (exact) mass is 177 g/mol. The second-order valence-corrected chi connectivity index (χ2v) is 3.02. The van der Waals surface area contributed by atoms with Crippen LogP contribution >= 0.6 is 0 Å². The maximum Gasteiger partial charge on any atom is 0.246 e. The Labute approximate surface area is 76.4 Å². The quantitative estimate of drug-likeness (QED) is 0.678. The Morgan fingerprint density at radius 3 is 3.15 bits per heavy atom. The normalized spacial score (nSPS) is 20.1. The number of amides is 1. The van der Waals surface area contributed by atoms with Gasteiger partial charge in [0.25, 0.3) is 0 Å². The van der Waals surface area contributed by atoms with Gasteiger partial charge in [-0.2, -0.15) is 0 Å². The van der Waals surface area contributed by atoms with E-state index >= 15 is 0 Å². The lowest BCUT2D eigenvalue weighted by molar-refractivity contribution is -0.117. The van der Waals surface area contributed by atoms with Crippen LogP contribution in [0.4, 0.5) is 11.4 Å². The van der Waals surface area contributed by atoms with Gasteiger partial charge in [-0.3, -0.25) is 9.78 Å². The third-order valence-electron chi connectivity index (χ3n) is 2.13. The van der Waals surface area contributed by atoms with E-state index in [1.165, 1.54) is 0 Å². The number of nitrogens with one attached hydrogen (secondary N) is 2. The molecular weight excluding hydrogens is 166 g/mol. The van der Waals surface area contributed by atoms with Crippen molar-refractivity contribution in [1.29, 1.82) is 0 Å². The Morgan fingerprint density at radius 1 is 1.54 bits per heavy atom. The summed E-state index contributed by atoms with van der Waals surface area (Å²) in [4.78, 5) is 15.3. The fraction of sp³-hybridized carbons (Fsp3) is 0.333. The van der Waals surface area contributed by atoms with Crippen molar-refractivity contribution in [2.24, 2.45) is 0 Å². The van der Waals surface area contributed by atoms with Gasteiger partial charge in [0.05, 0.1) is 17.6 Å². The Bertz CT molecular complexity index is 337. The van der Waals surface area contributed by atoms with Crippen LogP contribution in [0.1, 0.15) is 13.3 Å². The summed E-state index contributed by atoms with van der Waals surface area (Å²) in [5.74, 6) is 0.0167. The SMILES string of the molecule is CCC1Nc2ccncc2NC1=O. The lowest BCUT2D eigenvalue weighted by Crippen LogP contribution is -2.38. The average Bonchev–Trinajstić information content (AvgIpc) is 2.17. The fourth-order valence-corrected chi connectivity index (χ4v) is 1.38. The van der Waals surface area contributed by atoms with Gasteiger partial charge in [-0.15, -0.1) is 0 Å². The van der Waals surface area contributed by atoms with Crippen molar-refractivity contribution >= 4 is 17.3 Å². The molecule has 0 bridgehead atoms. The Hall–Kier alpha value is -1.58. The molecule has 4 heteroatoms. The third kappa shape index (κ3) is 1.35. The van der Waals surface area contributed by atoms with E-state index in [9.17, 15) is 4.79 Å². The lowest BCUT2D eigenvalue weighted by atomic mass is 10.1. The molecule has 0 spiro atoms. The van der Waals surface area contributed by atoms with Gasteiger partial charge in [0.1, 0.15) is 6.04 Å². The van der Waals surface area contributed by atoms with Crippen molar-refractivity contribution in [2.75, 3.05) is 10.6 Å². The Balaban J connectivity index is 2.33. The van der Waals surface area contributed by atoms with Crippen LogP contribution < -0.4 is 10.6 Å². The maximum absolute atomic E-state index is 11.4. The van der Waals surface area contributed by atoms with Crippen molar-refractivity contribution in [3.8, 4) is 0 Å². The van der Waals surface area contributed by atoms with Crippen LogP contribution in [0.3, 0.4) is 0 Å². The van der Waals surface area contributed by atoms with Gasteiger partial charge in [0.15, 0.2) is 0 Å². The van der Waals surface area contributed by atoms with Gasteiger partial charge in [-0.1, -0.05) is 6.92 Å². The summed E-state index contributed by atoms with van der Waals surface area (Å²) in [5.41, 5.74) is 1.71. The van der Waals surface area contributed by atoms with E-state index in [2.05, 4.69) is 15.6 Å². The maximum atomic E-state index is 11.4. The lowest BCUT2D eigenvalue weighted by Gasteiger charge is -2.25. The number of carbonyl (C=O) groups excluding carboxylic acids is 1. The highest BCUT2D eigenvalue weighted by atomic mass is 16.2. The van der Waals surface area contributed by atoms with Crippen LogP contribution in [-0.4, -0.2) is 16.9 Å². The minimum Gasteiger partial charge on any atom is -0.372 e. The molecule has 1 aromatic rings. The number of carbonyl (C=O) groups is 1. The molecule has 13 heavy (non-hydrogen) atoms. The largest absolute Gasteiger partial charge is 0.372 e. The minimum atomic E-state index is -0.116. The predicted octanol–water partition coefficient (Wildman–Crippen LogP) is 1.22. The van der Waals surface area contributed by atoms with E-state index < -0.39 is 0 Å². The van der Waals surface area contributed by atoms with E-state index in [1.807, 2.05) is 13.0 Å². The van der Waals surface area contributed by atoms with Crippen molar-refractivity contribution in [3.05, 3.63) is 18.5 Å². The molecular formula is C9H11N3O. The first kappa shape index (κ1) is 8.04. The summed E-state index contributed by atoms with van der Waals surface area (Å²) < 4.78 is 0. The number of rotatable bonds is 1. The molecule has 0 saturated heterocycles. The van der Waals surface area contributed by atoms with E-state index in [1.54, 1.807) is 12.4 Å². The van der Waals surface area contributed by atoms with Crippen LogP contribution in [-0.2, 0) is 4.79 Å². The van der Waals surface area contributed by atoms with E-state index in [-0.39, 0.29) is 11.9 Å². The molecule has 4 nitrogen and oxygen atoms in total. The molecule has 2 heterocycles. The van der Waals surface area contributed by atoms with Crippen LogP contribution in [0.25, 0.3) is 0 Å². The third-order valence-corrected chi connectivity index (χ3v) is 2.13. The summed E-state index contributed by atoms with van der Waals surface area (Å²) >= 11 is 0.